The zero-order valence-electron chi connectivity index (χ0n) is 18.2. The van der Waals surface area contributed by atoms with E-state index >= 15 is 0 Å². The van der Waals surface area contributed by atoms with Gasteiger partial charge in [-0.2, -0.15) is 0 Å². The number of hydrogen-bond donors (Lipinski definition) is 1. The van der Waals surface area contributed by atoms with Crippen LogP contribution in [-0.2, 0) is 4.79 Å². The first-order chi connectivity index (χ1) is 15.0. The molecule has 7 heteroatoms. The molecule has 0 unspecified atom stereocenters. The Balaban J connectivity index is 1.97. The lowest BCUT2D eigenvalue weighted by Crippen LogP contribution is -2.27. The second-order valence-corrected chi connectivity index (χ2v) is 7.49. The third-order valence-electron chi connectivity index (χ3n) is 5.68. The van der Waals surface area contributed by atoms with Crippen LogP contribution in [0.5, 0.6) is 5.75 Å². The van der Waals surface area contributed by atoms with Gasteiger partial charge in [0.1, 0.15) is 5.58 Å². The molecule has 4 rings (SSSR count). The van der Waals surface area contributed by atoms with Gasteiger partial charge in [0.05, 0.1) is 18.2 Å². The molecule has 7 nitrogen and oxygen atoms in total. The van der Waals surface area contributed by atoms with Crippen LogP contribution < -0.4 is 15.7 Å². The van der Waals surface area contributed by atoms with Gasteiger partial charge in [-0.1, -0.05) is 32.0 Å². The van der Waals surface area contributed by atoms with E-state index in [1.54, 1.807) is 0 Å². The van der Waals surface area contributed by atoms with E-state index in [2.05, 4.69) is 24.1 Å². The molecule has 162 valence electrons. The topological polar surface area (TPSA) is 84.9 Å². The highest BCUT2D eigenvalue weighted by molar-refractivity contribution is 6.24. The van der Waals surface area contributed by atoms with Gasteiger partial charge in [0.25, 0.3) is 0 Å². The minimum absolute atomic E-state index is 0.115. The first kappa shape index (κ1) is 20.9. The normalized spacial score (nSPS) is 11.6. The van der Waals surface area contributed by atoms with Crippen molar-refractivity contribution >= 4 is 44.5 Å². The van der Waals surface area contributed by atoms with Crippen LogP contribution in [0.3, 0.4) is 0 Å². The van der Waals surface area contributed by atoms with Gasteiger partial charge in [-0.25, -0.2) is 4.79 Å². The number of ether oxygens (including phenoxy) is 1. The third kappa shape index (κ3) is 3.65. The molecule has 4 aromatic rings. The maximum Gasteiger partial charge on any atom is 0.336 e. The SMILES string of the molecule is CCN(CC)CCC(=O)Nc1c2c(C)cc(=O)oc2c(OC)c2oc3ccccc3c12. The number of nitrogens with zero attached hydrogens (tertiary/aromatic N) is 1. The summed E-state index contributed by atoms with van der Waals surface area (Å²) < 4.78 is 17.2. The molecule has 0 bridgehead atoms. The average molecular weight is 422 g/mol. The number of anilines is 1. The number of furan rings is 1. The van der Waals surface area contributed by atoms with Crippen LogP contribution in [0.1, 0.15) is 25.8 Å². The van der Waals surface area contributed by atoms with Crippen molar-refractivity contribution in [3.63, 3.8) is 0 Å². The van der Waals surface area contributed by atoms with Crippen molar-refractivity contribution in [3.05, 3.63) is 46.3 Å². The molecule has 0 aliphatic carbocycles. The van der Waals surface area contributed by atoms with Crippen molar-refractivity contribution in [1.82, 2.24) is 4.90 Å². The molecule has 0 atom stereocenters. The summed E-state index contributed by atoms with van der Waals surface area (Å²) in [5.74, 6) is 0.221. The molecule has 2 aromatic heterocycles. The number of carbonyl (C=O) groups is 1. The molecular formula is C24H26N2O5. The summed E-state index contributed by atoms with van der Waals surface area (Å²) in [5.41, 5.74) is 2.13. The highest BCUT2D eigenvalue weighted by Crippen LogP contribution is 2.46. The third-order valence-corrected chi connectivity index (χ3v) is 5.68. The van der Waals surface area contributed by atoms with Crippen LogP contribution in [0.15, 0.2) is 44.0 Å². The fraction of sp³-hybridized carbons (Fsp3) is 0.333. The number of hydrogen-bond acceptors (Lipinski definition) is 6. The van der Waals surface area contributed by atoms with Gasteiger partial charge in [0, 0.05) is 29.8 Å². The number of rotatable bonds is 7. The predicted molar refractivity (Wildman–Crippen MR) is 122 cm³/mol. The predicted octanol–water partition coefficient (Wildman–Crippen LogP) is 4.68. The summed E-state index contributed by atoms with van der Waals surface area (Å²) in [6.07, 6.45) is 0.350. The Hall–Kier alpha value is -3.32. The largest absolute Gasteiger partial charge is 0.490 e. The van der Waals surface area contributed by atoms with Crippen LogP contribution in [-0.4, -0.2) is 37.6 Å². The lowest BCUT2D eigenvalue weighted by Gasteiger charge is -2.18. The standard InChI is InChI=1S/C24H26N2O5/c1-5-26(6-2)12-11-17(27)25-21-19-14(3)13-18(28)31-22(19)24(29-4)23-20(21)15-9-7-8-10-16(15)30-23/h7-10,13H,5-6,11-12H2,1-4H3,(H,25,27). The Morgan fingerprint density at radius 1 is 1.10 bits per heavy atom. The smallest absolute Gasteiger partial charge is 0.336 e. The number of fused-ring (bicyclic) bond motifs is 4. The van der Waals surface area contributed by atoms with E-state index in [0.717, 1.165) is 23.9 Å². The summed E-state index contributed by atoms with van der Waals surface area (Å²) >= 11 is 0. The number of benzene rings is 2. The fourth-order valence-electron chi connectivity index (χ4n) is 4.07. The van der Waals surface area contributed by atoms with Gasteiger partial charge in [-0.3, -0.25) is 4.79 Å². The van der Waals surface area contributed by atoms with Crippen molar-refractivity contribution in [2.24, 2.45) is 0 Å². The summed E-state index contributed by atoms with van der Waals surface area (Å²) in [7, 11) is 1.51. The monoisotopic (exact) mass is 422 g/mol. The van der Waals surface area contributed by atoms with Gasteiger partial charge in [0.15, 0.2) is 11.2 Å². The van der Waals surface area contributed by atoms with Gasteiger partial charge in [-0.15, -0.1) is 0 Å². The van der Waals surface area contributed by atoms with Crippen LogP contribution in [0.25, 0.3) is 32.9 Å². The highest BCUT2D eigenvalue weighted by Gasteiger charge is 2.25. The van der Waals surface area contributed by atoms with Crippen LogP contribution in [0.4, 0.5) is 5.69 Å². The number of carbonyl (C=O) groups excluding carboxylic acids is 1. The van der Waals surface area contributed by atoms with Gasteiger partial charge < -0.3 is 23.8 Å². The zero-order chi connectivity index (χ0) is 22.1. The number of amides is 1. The molecule has 2 aromatic carbocycles. The minimum atomic E-state index is -0.488. The van der Waals surface area contributed by atoms with Crippen molar-refractivity contribution in [3.8, 4) is 5.75 Å². The molecule has 0 spiro atoms. The van der Waals surface area contributed by atoms with E-state index in [0.29, 0.717) is 46.5 Å². The summed E-state index contributed by atoms with van der Waals surface area (Å²) in [5, 5.41) is 5.29. The van der Waals surface area contributed by atoms with Gasteiger partial charge >= 0.3 is 5.63 Å². The van der Waals surface area contributed by atoms with Crippen molar-refractivity contribution in [2.45, 2.75) is 27.2 Å². The second kappa shape index (κ2) is 8.43. The summed E-state index contributed by atoms with van der Waals surface area (Å²) in [6.45, 7) is 8.40. The number of para-hydroxylation sites is 1. The number of nitrogens with one attached hydrogen (secondary N) is 1. The first-order valence-electron chi connectivity index (χ1n) is 10.5. The average Bonchev–Trinajstić information content (AvgIpc) is 3.13. The molecule has 0 radical (unpaired) electrons. The van der Waals surface area contributed by atoms with E-state index in [9.17, 15) is 9.59 Å². The van der Waals surface area contributed by atoms with Gasteiger partial charge in [-0.05, 0) is 31.6 Å². The van der Waals surface area contributed by atoms with E-state index in [1.807, 2.05) is 31.2 Å². The molecular weight excluding hydrogens is 396 g/mol. The Morgan fingerprint density at radius 3 is 2.52 bits per heavy atom. The zero-order valence-corrected chi connectivity index (χ0v) is 18.2. The summed E-state index contributed by atoms with van der Waals surface area (Å²) in [4.78, 5) is 27.2. The summed E-state index contributed by atoms with van der Waals surface area (Å²) in [6, 6.07) is 9.00. The van der Waals surface area contributed by atoms with Crippen molar-refractivity contribution < 1.29 is 18.4 Å². The van der Waals surface area contributed by atoms with Crippen molar-refractivity contribution in [1.29, 1.82) is 0 Å². The number of aryl methyl sites for hydroxylation is 1. The molecule has 0 aliphatic rings. The lowest BCUT2D eigenvalue weighted by molar-refractivity contribution is -0.116. The number of methoxy groups -OCH3 is 1. The van der Waals surface area contributed by atoms with E-state index in [1.165, 1.54) is 13.2 Å². The van der Waals surface area contributed by atoms with Crippen LogP contribution in [0, 0.1) is 6.92 Å². The van der Waals surface area contributed by atoms with E-state index in [4.69, 9.17) is 13.6 Å². The molecule has 0 aliphatic heterocycles. The molecule has 2 heterocycles. The Kier molecular flexibility index (Phi) is 5.69. The minimum Gasteiger partial charge on any atom is -0.490 e. The van der Waals surface area contributed by atoms with E-state index < -0.39 is 5.63 Å². The maximum atomic E-state index is 12.9. The Bertz CT molecular complexity index is 1330. The molecule has 0 saturated carbocycles. The first-order valence-corrected chi connectivity index (χ1v) is 10.5. The highest BCUT2D eigenvalue weighted by atomic mass is 16.5. The molecule has 1 amide bonds. The molecule has 0 fully saturated rings. The van der Waals surface area contributed by atoms with Gasteiger partial charge in [0.2, 0.25) is 11.7 Å². The Labute approximate surface area is 179 Å². The lowest BCUT2D eigenvalue weighted by atomic mass is 10.0. The van der Waals surface area contributed by atoms with Crippen LogP contribution in [0.2, 0.25) is 0 Å². The second-order valence-electron chi connectivity index (χ2n) is 7.49. The molecule has 31 heavy (non-hydrogen) atoms. The fourth-order valence-corrected chi connectivity index (χ4v) is 4.07. The molecule has 1 N–H and O–H groups in total. The van der Waals surface area contributed by atoms with Crippen LogP contribution >= 0.6 is 0 Å². The quantitative estimate of drug-likeness (QED) is 0.435. The van der Waals surface area contributed by atoms with Crippen molar-refractivity contribution in [2.75, 3.05) is 32.1 Å². The van der Waals surface area contributed by atoms with E-state index in [-0.39, 0.29) is 11.5 Å². The molecule has 0 saturated heterocycles. The maximum absolute atomic E-state index is 12.9. The Morgan fingerprint density at radius 2 is 1.81 bits per heavy atom.